The summed E-state index contributed by atoms with van der Waals surface area (Å²) in [5, 5.41) is 0. The monoisotopic (exact) mass is 718 g/mol. The zero-order chi connectivity index (χ0) is 37.7. The van der Waals surface area contributed by atoms with Crippen LogP contribution in [0.25, 0.3) is 0 Å². The van der Waals surface area contributed by atoms with Gasteiger partial charge in [0.15, 0.2) is 6.29 Å². The first-order valence-electron chi connectivity index (χ1n) is 15.6. The van der Waals surface area contributed by atoms with Crippen LogP contribution in [0.3, 0.4) is 0 Å². The lowest BCUT2D eigenvalue weighted by molar-refractivity contribution is -0.138. The molecule has 0 radical (unpaired) electrons. The van der Waals surface area contributed by atoms with Gasteiger partial charge in [-0.05, 0) is 92.4 Å². The van der Waals surface area contributed by atoms with Gasteiger partial charge >= 0.3 is 36.2 Å². The van der Waals surface area contributed by atoms with E-state index in [4.69, 9.17) is 37.9 Å². The van der Waals surface area contributed by atoms with Crippen molar-refractivity contribution in [3.05, 3.63) is 109 Å². The van der Waals surface area contributed by atoms with Gasteiger partial charge in [-0.3, -0.25) is 4.79 Å². The first kappa shape index (κ1) is 39.7. The fraction of sp³-hybridized carbons (Fsp3) is 0.216. The molecule has 3 rings (SSSR count). The number of benzene rings is 3. The number of carbonyl (C=O) groups is 7. The highest BCUT2D eigenvalue weighted by Crippen LogP contribution is 2.25. The van der Waals surface area contributed by atoms with E-state index in [9.17, 15) is 33.6 Å². The highest BCUT2D eigenvalue weighted by atomic mass is 16.7. The van der Waals surface area contributed by atoms with Crippen molar-refractivity contribution in [3.8, 4) is 23.0 Å². The summed E-state index contributed by atoms with van der Waals surface area (Å²) >= 11 is 0. The third-order valence-electron chi connectivity index (χ3n) is 6.44. The largest absolute Gasteiger partial charge is 0.513 e. The van der Waals surface area contributed by atoms with E-state index in [2.05, 4.69) is 13.2 Å². The third-order valence-corrected chi connectivity index (χ3v) is 6.44. The van der Waals surface area contributed by atoms with Crippen LogP contribution in [0.4, 0.5) is 9.59 Å². The van der Waals surface area contributed by atoms with Crippen LogP contribution in [0.15, 0.2) is 92.0 Å². The van der Waals surface area contributed by atoms with E-state index in [0.29, 0.717) is 32.0 Å². The van der Waals surface area contributed by atoms with E-state index in [1.54, 1.807) is 0 Å². The molecule has 0 aliphatic heterocycles. The van der Waals surface area contributed by atoms with Gasteiger partial charge in [0, 0.05) is 12.2 Å². The Labute approximate surface area is 297 Å². The molecule has 0 unspecified atom stereocenters. The summed E-state index contributed by atoms with van der Waals surface area (Å²) in [6.07, 6.45) is 2.41. The van der Waals surface area contributed by atoms with Crippen LogP contribution in [-0.4, -0.2) is 68.9 Å². The summed E-state index contributed by atoms with van der Waals surface area (Å²) in [5.41, 5.74) is 0.0919. The number of aldehydes is 1. The third kappa shape index (κ3) is 14.0. The van der Waals surface area contributed by atoms with Gasteiger partial charge in [0.25, 0.3) is 0 Å². The SMILES string of the molecule is C=CC(=O)OCCCCOC(=O)Oc1ccc(C(=O)Oc2ccc(OC(=O)c3ccc(OC(=O)OCCCCOC(=O)C=C)cc3)c(C=O)c2)cc1. The van der Waals surface area contributed by atoms with Gasteiger partial charge < -0.3 is 37.9 Å². The average molecular weight is 719 g/mol. The van der Waals surface area contributed by atoms with Crippen LogP contribution in [-0.2, 0) is 28.5 Å². The first-order chi connectivity index (χ1) is 25.1. The first-order valence-corrected chi connectivity index (χ1v) is 15.6. The minimum atomic E-state index is -0.964. The fourth-order valence-corrected chi connectivity index (χ4v) is 3.85. The zero-order valence-corrected chi connectivity index (χ0v) is 27.8. The minimum absolute atomic E-state index is 0.0143. The number of hydrogen-bond donors (Lipinski definition) is 0. The van der Waals surface area contributed by atoms with E-state index in [0.717, 1.165) is 12.2 Å². The van der Waals surface area contributed by atoms with Crippen LogP contribution >= 0.6 is 0 Å². The Morgan fingerprint density at radius 3 is 1.33 bits per heavy atom. The molecule has 0 saturated heterocycles. The molecule has 3 aromatic carbocycles. The Morgan fingerprint density at radius 1 is 0.500 bits per heavy atom. The van der Waals surface area contributed by atoms with Gasteiger partial charge in [-0.25, -0.2) is 28.8 Å². The van der Waals surface area contributed by atoms with Crippen LogP contribution in [0.2, 0.25) is 0 Å². The van der Waals surface area contributed by atoms with Crippen molar-refractivity contribution in [1.82, 2.24) is 0 Å². The Hall–Kier alpha value is -6.77. The second kappa shape index (κ2) is 21.3. The standard InChI is InChI=1S/C37H34O15/c1-3-32(39)45-19-5-7-21-47-36(43)50-28-13-9-25(10-14-28)34(41)49-30-17-18-31(27(23-30)24-38)52-35(42)26-11-15-29(16-12-26)51-37(44)48-22-8-6-20-46-33(40)4-2/h3-4,9-18,23-24H,1-2,5-8,19-22H2. The maximum atomic E-state index is 12.7. The normalized spacial score (nSPS) is 10.1. The second-order valence-corrected chi connectivity index (χ2v) is 10.2. The molecule has 15 heteroatoms. The quantitative estimate of drug-likeness (QED) is 0.0267. The van der Waals surface area contributed by atoms with Crippen molar-refractivity contribution in [3.63, 3.8) is 0 Å². The predicted molar refractivity (Wildman–Crippen MR) is 179 cm³/mol. The Balaban J connectivity index is 1.44. The van der Waals surface area contributed by atoms with Gasteiger partial charge in [0.1, 0.15) is 23.0 Å². The van der Waals surface area contributed by atoms with E-state index < -0.39 is 36.2 Å². The lowest BCUT2D eigenvalue weighted by Crippen LogP contribution is -2.13. The van der Waals surface area contributed by atoms with Gasteiger partial charge in [-0.2, -0.15) is 0 Å². The maximum absolute atomic E-state index is 12.7. The molecule has 0 atom stereocenters. The Kier molecular flexibility index (Phi) is 16.3. The van der Waals surface area contributed by atoms with Crippen LogP contribution in [0, 0.1) is 0 Å². The van der Waals surface area contributed by atoms with Gasteiger partial charge in [-0.15, -0.1) is 0 Å². The molecule has 272 valence electrons. The van der Waals surface area contributed by atoms with Crippen molar-refractivity contribution in [2.75, 3.05) is 26.4 Å². The van der Waals surface area contributed by atoms with Gasteiger partial charge in [0.05, 0.1) is 43.1 Å². The van der Waals surface area contributed by atoms with Crippen molar-refractivity contribution in [2.24, 2.45) is 0 Å². The predicted octanol–water partition coefficient (Wildman–Crippen LogP) is 5.99. The minimum Gasteiger partial charge on any atom is -0.463 e. The van der Waals surface area contributed by atoms with Crippen LogP contribution in [0.5, 0.6) is 23.0 Å². The summed E-state index contributed by atoms with van der Waals surface area (Å²) in [4.78, 5) is 82.9. The van der Waals surface area contributed by atoms with Crippen molar-refractivity contribution < 1.29 is 71.5 Å². The number of unbranched alkanes of at least 4 members (excludes halogenated alkanes) is 2. The number of esters is 4. The topological polar surface area (TPSA) is 193 Å². The van der Waals surface area contributed by atoms with E-state index in [1.807, 2.05) is 0 Å². The molecule has 0 saturated carbocycles. The molecule has 0 bridgehead atoms. The summed E-state index contributed by atoms with van der Waals surface area (Å²) in [7, 11) is 0. The molecule has 3 aromatic rings. The Morgan fingerprint density at radius 2 is 0.904 bits per heavy atom. The molecular weight excluding hydrogens is 684 g/mol. The smallest absolute Gasteiger partial charge is 0.463 e. The molecule has 15 nitrogen and oxygen atoms in total. The number of ether oxygens (including phenoxy) is 8. The molecule has 0 aliphatic carbocycles. The summed E-state index contributed by atoms with van der Waals surface area (Å²) in [6, 6.07) is 14.6. The van der Waals surface area contributed by atoms with Crippen molar-refractivity contribution >= 4 is 42.5 Å². The molecule has 52 heavy (non-hydrogen) atoms. The van der Waals surface area contributed by atoms with Crippen LogP contribution < -0.4 is 18.9 Å². The van der Waals surface area contributed by atoms with Crippen molar-refractivity contribution in [1.29, 1.82) is 0 Å². The molecule has 0 heterocycles. The van der Waals surface area contributed by atoms with E-state index >= 15 is 0 Å². The second-order valence-electron chi connectivity index (χ2n) is 10.2. The number of rotatable bonds is 19. The molecule has 0 spiro atoms. The Bertz CT molecular complexity index is 1740. The lowest BCUT2D eigenvalue weighted by atomic mass is 10.2. The molecule has 0 aliphatic rings. The van der Waals surface area contributed by atoms with E-state index in [-0.39, 0.29) is 66.1 Å². The number of hydrogen-bond acceptors (Lipinski definition) is 15. The maximum Gasteiger partial charge on any atom is 0.513 e. The molecule has 0 N–H and O–H groups in total. The lowest BCUT2D eigenvalue weighted by Gasteiger charge is -2.10. The highest BCUT2D eigenvalue weighted by molar-refractivity contribution is 5.94. The summed E-state index contributed by atoms with van der Waals surface area (Å²) in [6.45, 7) is 6.97. The van der Waals surface area contributed by atoms with Gasteiger partial charge in [0.2, 0.25) is 0 Å². The van der Waals surface area contributed by atoms with Crippen LogP contribution in [0.1, 0.15) is 56.8 Å². The fourth-order valence-electron chi connectivity index (χ4n) is 3.85. The molecule has 0 fully saturated rings. The van der Waals surface area contributed by atoms with Crippen molar-refractivity contribution in [2.45, 2.75) is 25.7 Å². The molecule has 0 amide bonds. The zero-order valence-electron chi connectivity index (χ0n) is 27.8. The molecular formula is C37H34O15. The molecule has 0 aromatic heterocycles. The van der Waals surface area contributed by atoms with E-state index in [1.165, 1.54) is 66.7 Å². The average Bonchev–Trinajstić information content (AvgIpc) is 3.15. The van der Waals surface area contributed by atoms with Gasteiger partial charge in [-0.1, -0.05) is 13.2 Å². The summed E-state index contributed by atoms with van der Waals surface area (Å²) in [5.74, 6) is -2.60. The summed E-state index contributed by atoms with van der Waals surface area (Å²) < 4.78 is 40.3. The number of carbonyl (C=O) groups excluding carboxylic acids is 7. The highest BCUT2D eigenvalue weighted by Gasteiger charge is 2.16.